The lowest BCUT2D eigenvalue weighted by molar-refractivity contribution is 0.580. The van der Waals surface area contributed by atoms with E-state index in [0.29, 0.717) is 25.6 Å². The smallest absolute Gasteiger partial charge is 0.240 e. The van der Waals surface area contributed by atoms with Crippen LogP contribution in [-0.4, -0.2) is 48.8 Å². The van der Waals surface area contributed by atoms with Crippen molar-refractivity contribution in [1.29, 1.82) is 0 Å². The Hall–Kier alpha value is -2.46. The quantitative estimate of drug-likeness (QED) is 0.342. The van der Waals surface area contributed by atoms with Gasteiger partial charge in [-0.1, -0.05) is 17.7 Å². The van der Waals surface area contributed by atoms with Gasteiger partial charge in [-0.3, -0.25) is 4.68 Å². The van der Waals surface area contributed by atoms with Gasteiger partial charge in [0.05, 0.1) is 4.90 Å². The third-order valence-corrected chi connectivity index (χ3v) is 5.05. The highest BCUT2D eigenvalue weighted by atomic mass is 32.2. The van der Waals surface area contributed by atoms with Crippen molar-refractivity contribution in [3.63, 3.8) is 0 Å². The molecule has 0 aliphatic carbocycles. The molecule has 0 unspecified atom stereocenters. The fourth-order valence-electron chi connectivity index (χ4n) is 2.12. The molecule has 142 valence electrons. The van der Waals surface area contributed by atoms with E-state index in [0.717, 1.165) is 11.4 Å². The minimum atomic E-state index is -3.51. The van der Waals surface area contributed by atoms with Crippen LogP contribution in [0, 0.1) is 6.92 Å². The Morgan fingerprint density at radius 2 is 1.92 bits per heavy atom. The summed E-state index contributed by atoms with van der Waals surface area (Å²) >= 11 is 0. The second kappa shape index (κ2) is 9.30. The van der Waals surface area contributed by atoms with Gasteiger partial charge in [-0.15, -0.1) is 0 Å². The Labute approximate surface area is 154 Å². The van der Waals surface area contributed by atoms with Gasteiger partial charge in [0.1, 0.15) is 18.7 Å². The summed E-state index contributed by atoms with van der Waals surface area (Å²) < 4.78 is 28.7. The first-order chi connectivity index (χ1) is 12.4. The van der Waals surface area contributed by atoms with E-state index < -0.39 is 10.0 Å². The lowest BCUT2D eigenvalue weighted by Gasteiger charge is -2.12. The summed E-state index contributed by atoms with van der Waals surface area (Å²) in [4.78, 5) is 8.78. The summed E-state index contributed by atoms with van der Waals surface area (Å²) in [6, 6.07) is 6.74. The van der Waals surface area contributed by atoms with Crippen LogP contribution in [0.2, 0.25) is 0 Å². The van der Waals surface area contributed by atoms with Gasteiger partial charge in [0.15, 0.2) is 5.96 Å². The summed E-state index contributed by atoms with van der Waals surface area (Å²) in [7, 11) is -1.71. The standard InChI is InChI=1S/C16H25N7O2S/c1-4-17-16(19-11-15-20-12-21-23(15)3)18-9-10-22-26(24,25)14-7-5-13(2)6-8-14/h5-8,12,22H,4,9-11H2,1-3H3,(H2,17,18,19). The summed E-state index contributed by atoms with van der Waals surface area (Å²) in [6.07, 6.45) is 1.48. The van der Waals surface area contributed by atoms with Crippen LogP contribution in [0.4, 0.5) is 0 Å². The molecule has 0 saturated heterocycles. The molecular weight excluding hydrogens is 354 g/mol. The number of nitrogens with zero attached hydrogens (tertiary/aromatic N) is 4. The van der Waals surface area contributed by atoms with Crippen LogP contribution in [0.15, 0.2) is 40.5 Å². The second-order valence-electron chi connectivity index (χ2n) is 5.63. The zero-order valence-corrected chi connectivity index (χ0v) is 16.0. The number of aromatic nitrogens is 3. The number of aliphatic imine (C=N–C) groups is 1. The van der Waals surface area contributed by atoms with E-state index in [4.69, 9.17) is 0 Å². The van der Waals surface area contributed by atoms with Gasteiger partial charge in [-0.25, -0.2) is 23.1 Å². The molecule has 10 heteroatoms. The van der Waals surface area contributed by atoms with Gasteiger partial charge in [0.25, 0.3) is 0 Å². The molecule has 0 aliphatic rings. The molecule has 9 nitrogen and oxygen atoms in total. The molecule has 26 heavy (non-hydrogen) atoms. The minimum Gasteiger partial charge on any atom is -0.357 e. The third-order valence-electron chi connectivity index (χ3n) is 3.57. The highest BCUT2D eigenvalue weighted by Gasteiger charge is 2.12. The van der Waals surface area contributed by atoms with Crippen molar-refractivity contribution in [3.8, 4) is 0 Å². The Morgan fingerprint density at radius 1 is 1.19 bits per heavy atom. The van der Waals surface area contributed by atoms with Gasteiger partial charge in [-0.2, -0.15) is 5.10 Å². The molecule has 0 bridgehead atoms. The van der Waals surface area contributed by atoms with E-state index in [-0.39, 0.29) is 11.4 Å². The van der Waals surface area contributed by atoms with Crippen molar-refractivity contribution >= 4 is 16.0 Å². The van der Waals surface area contributed by atoms with Gasteiger partial charge >= 0.3 is 0 Å². The summed E-state index contributed by atoms with van der Waals surface area (Å²) in [5.41, 5.74) is 1.01. The summed E-state index contributed by atoms with van der Waals surface area (Å²) in [6.45, 7) is 5.58. The minimum absolute atomic E-state index is 0.241. The number of benzene rings is 1. The Balaban J connectivity index is 1.85. The zero-order valence-electron chi connectivity index (χ0n) is 15.2. The van der Waals surface area contributed by atoms with Gasteiger partial charge in [0.2, 0.25) is 10.0 Å². The molecule has 0 amide bonds. The molecule has 3 N–H and O–H groups in total. The molecular formula is C16H25N7O2S. The largest absolute Gasteiger partial charge is 0.357 e. The van der Waals surface area contributed by atoms with Crippen LogP contribution in [0.5, 0.6) is 0 Å². The predicted octanol–water partition coefficient (Wildman–Crippen LogP) is 0.157. The average molecular weight is 379 g/mol. The van der Waals surface area contributed by atoms with Crippen molar-refractivity contribution in [3.05, 3.63) is 42.0 Å². The molecule has 2 aromatic rings. The molecule has 0 spiro atoms. The van der Waals surface area contributed by atoms with Gasteiger partial charge < -0.3 is 10.6 Å². The van der Waals surface area contributed by atoms with E-state index in [1.165, 1.54) is 6.33 Å². The van der Waals surface area contributed by atoms with Crippen molar-refractivity contribution in [1.82, 2.24) is 30.1 Å². The highest BCUT2D eigenvalue weighted by Crippen LogP contribution is 2.09. The van der Waals surface area contributed by atoms with Crippen LogP contribution in [0.3, 0.4) is 0 Å². The van der Waals surface area contributed by atoms with Gasteiger partial charge in [0, 0.05) is 26.7 Å². The van der Waals surface area contributed by atoms with Crippen molar-refractivity contribution in [2.75, 3.05) is 19.6 Å². The monoisotopic (exact) mass is 379 g/mol. The predicted molar refractivity (Wildman–Crippen MR) is 100 cm³/mol. The van der Waals surface area contributed by atoms with Crippen LogP contribution in [0.1, 0.15) is 18.3 Å². The lowest BCUT2D eigenvalue weighted by Crippen LogP contribution is -2.41. The van der Waals surface area contributed by atoms with E-state index in [1.807, 2.05) is 13.8 Å². The van der Waals surface area contributed by atoms with Crippen LogP contribution in [0.25, 0.3) is 0 Å². The maximum atomic E-state index is 12.2. The first-order valence-electron chi connectivity index (χ1n) is 8.33. The van der Waals surface area contributed by atoms with E-state index in [9.17, 15) is 8.42 Å². The first kappa shape index (κ1) is 19.9. The molecule has 0 fully saturated rings. The fraction of sp³-hybridized carbons (Fsp3) is 0.438. The lowest BCUT2D eigenvalue weighted by atomic mass is 10.2. The molecule has 2 rings (SSSR count). The molecule has 0 atom stereocenters. The van der Waals surface area contributed by atoms with E-state index in [2.05, 4.69) is 30.4 Å². The molecule has 1 heterocycles. The third kappa shape index (κ3) is 5.81. The van der Waals surface area contributed by atoms with E-state index >= 15 is 0 Å². The number of rotatable bonds is 8. The maximum absolute atomic E-state index is 12.2. The molecule has 0 saturated carbocycles. The molecule has 1 aromatic carbocycles. The van der Waals surface area contributed by atoms with Gasteiger partial charge in [-0.05, 0) is 26.0 Å². The summed E-state index contributed by atoms with van der Waals surface area (Å²) in [5.74, 6) is 1.33. The zero-order chi connectivity index (χ0) is 19.0. The highest BCUT2D eigenvalue weighted by molar-refractivity contribution is 7.89. The normalized spacial score (nSPS) is 12.2. The van der Waals surface area contributed by atoms with Crippen molar-refractivity contribution in [2.45, 2.75) is 25.3 Å². The number of nitrogens with one attached hydrogen (secondary N) is 3. The summed E-state index contributed by atoms with van der Waals surface area (Å²) in [5, 5.41) is 10.2. The fourth-order valence-corrected chi connectivity index (χ4v) is 3.15. The SMILES string of the molecule is CCNC(=NCc1ncnn1C)NCCNS(=O)(=O)c1ccc(C)cc1. The molecule has 0 radical (unpaired) electrons. The number of aryl methyl sites for hydroxylation is 2. The Kier molecular flexibility index (Phi) is 7.10. The number of hydrogen-bond acceptors (Lipinski definition) is 5. The number of hydrogen-bond donors (Lipinski definition) is 3. The van der Waals surface area contributed by atoms with Crippen LogP contribution >= 0.6 is 0 Å². The second-order valence-corrected chi connectivity index (χ2v) is 7.40. The Bertz CT molecular complexity index is 829. The van der Waals surface area contributed by atoms with Crippen molar-refractivity contribution < 1.29 is 8.42 Å². The van der Waals surface area contributed by atoms with E-state index in [1.54, 1.807) is 36.0 Å². The van der Waals surface area contributed by atoms with Crippen molar-refractivity contribution in [2.24, 2.45) is 12.0 Å². The maximum Gasteiger partial charge on any atom is 0.240 e. The average Bonchev–Trinajstić information content (AvgIpc) is 3.02. The molecule has 1 aromatic heterocycles. The topological polar surface area (TPSA) is 113 Å². The number of sulfonamides is 1. The number of guanidine groups is 1. The van der Waals surface area contributed by atoms with Crippen LogP contribution in [-0.2, 0) is 23.6 Å². The van der Waals surface area contributed by atoms with Crippen LogP contribution < -0.4 is 15.4 Å². The first-order valence-corrected chi connectivity index (χ1v) is 9.82. The molecule has 0 aliphatic heterocycles. The Morgan fingerprint density at radius 3 is 2.54 bits per heavy atom.